The Balaban J connectivity index is 1.39. The van der Waals surface area contributed by atoms with Crippen LogP contribution in [0.25, 0.3) is 5.52 Å². The van der Waals surface area contributed by atoms with E-state index in [1.54, 1.807) is 0 Å². The number of aromatic amines is 1. The second-order valence-electron chi connectivity index (χ2n) is 7.48. The van der Waals surface area contributed by atoms with Crippen molar-refractivity contribution < 1.29 is 0 Å². The number of piperidine rings is 1. The van der Waals surface area contributed by atoms with E-state index in [4.69, 9.17) is 10.7 Å². The molecule has 148 valence electrons. The molecule has 4 aromatic rings. The molecule has 0 saturated carbocycles. The molecule has 1 fully saturated rings. The molecule has 1 saturated heterocycles. The van der Waals surface area contributed by atoms with E-state index in [1.165, 1.54) is 5.56 Å². The standard InChI is InChI=1S/C21H24N8/c22-16-8-11-28(12-9-16)21-24-20(18-7-4-10-29(18)27-21)23-19-14-17(25-26-19)13-15-5-2-1-3-6-15/h1-7,10,14,16H,8-9,11-13,22H2,(H2,23,24,25,26,27). The third-order valence-electron chi connectivity index (χ3n) is 5.31. The highest BCUT2D eigenvalue weighted by Crippen LogP contribution is 2.24. The van der Waals surface area contributed by atoms with Gasteiger partial charge in [-0.25, -0.2) is 4.52 Å². The molecule has 0 unspecified atom stereocenters. The largest absolute Gasteiger partial charge is 0.339 e. The summed E-state index contributed by atoms with van der Waals surface area (Å²) in [6, 6.07) is 16.6. The first-order valence-corrected chi connectivity index (χ1v) is 9.96. The molecule has 1 aliphatic rings. The molecular weight excluding hydrogens is 364 g/mol. The summed E-state index contributed by atoms with van der Waals surface area (Å²) in [6.07, 6.45) is 4.64. The average molecular weight is 388 g/mol. The first-order chi connectivity index (χ1) is 14.2. The fourth-order valence-electron chi connectivity index (χ4n) is 3.70. The number of rotatable bonds is 5. The van der Waals surface area contributed by atoms with Gasteiger partial charge in [0.05, 0.1) is 5.69 Å². The molecule has 1 aliphatic heterocycles. The van der Waals surface area contributed by atoms with Crippen LogP contribution < -0.4 is 16.0 Å². The summed E-state index contributed by atoms with van der Waals surface area (Å²) in [5.74, 6) is 2.28. The Morgan fingerprint density at radius 1 is 1.10 bits per heavy atom. The number of benzene rings is 1. The Bertz CT molecular complexity index is 1090. The van der Waals surface area contributed by atoms with Gasteiger partial charge < -0.3 is 16.0 Å². The van der Waals surface area contributed by atoms with Gasteiger partial charge in [-0.15, -0.1) is 5.10 Å². The number of aromatic nitrogens is 5. The minimum absolute atomic E-state index is 0.271. The minimum Gasteiger partial charge on any atom is -0.339 e. The SMILES string of the molecule is NC1CCN(c2nc(Nc3cc(Cc4ccccc4)n[nH]3)c3cccn3n2)CC1. The van der Waals surface area contributed by atoms with Crippen molar-refractivity contribution in [2.75, 3.05) is 23.3 Å². The number of nitrogens with two attached hydrogens (primary N) is 1. The number of nitrogens with zero attached hydrogens (tertiary/aromatic N) is 5. The van der Waals surface area contributed by atoms with Crippen molar-refractivity contribution in [3.8, 4) is 0 Å². The van der Waals surface area contributed by atoms with Gasteiger partial charge in [-0.05, 0) is 30.5 Å². The lowest BCUT2D eigenvalue weighted by molar-refractivity contribution is 0.493. The molecule has 0 amide bonds. The van der Waals surface area contributed by atoms with Gasteiger partial charge in [0, 0.05) is 37.8 Å². The van der Waals surface area contributed by atoms with Gasteiger partial charge in [0.25, 0.3) is 0 Å². The van der Waals surface area contributed by atoms with Crippen LogP contribution in [0.2, 0.25) is 0 Å². The zero-order chi connectivity index (χ0) is 19.6. The number of hydrogen-bond acceptors (Lipinski definition) is 6. The van der Waals surface area contributed by atoms with Crippen molar-refractivity contribution in [3.63, 3.8) is 0 Å². The highest BCUT2D eigenvalue weighted by molar-refractivity contribution is 5.73. The predicted molar refractivity (Wildman–Crippen MR) is 114 cm³/mol. The van der Waals surface area contributed by atoms with Gasteiger partial charge in [-0.1, -0.05) is 30.3 Å². The minimum atomic E-state index is 0.271. The second kappa shape index (κ2) is 7.56. The van der Waals surface area contributed by atoms with Crippen molar-refractivity contribution in [3.05, 3.63) is 66.0 Å². The van der Waals surface area contributed by atoms with Crippen LogP contribution >= 0.6 is 0 Å². The zero-order valence-electron chi connectivity index (χ0n) is 16.1. The van der Waals surface area contributed by atoms with E-state index in [1.807, 2.05) is 47.1 Å². The fourth-order valence-corrected chi connectivity index (χ4v) is 3.70. The summed E-state index contributed by atoms with van der Waals surface area (Å²) >= 11 is 0. The van der Waals surface area contributed by atoms with E-state index in [0.717, 1.165) is 55.2 Å². The van der Waals surface area contributed by atoms with Gasteiger partial charge in [0.2, 0.25) is 5.95 Å². The smallest absolute Gasteiger partial charge is 0.245 e. The van der Waals surface area contributed by atoms with E-state index in [2.05, 4.69) is 37.6 Å². The van der Waals surface area contributed by atoms with Gasteiger partial charge in [-0.2, -0.15) is 10.1 Å². The lowest BCUT2D eigenvalue weighted by Crippen LogP contribution is -2.40. The highest BCUT2D eigenvalue weighted by atomic mass is 15.4. The van der Waals surface area contributed by atoms with Crippen molar-refractivity contribution in [1.29, 1.82) is 0 Å². The van der Waals surface area contributed by atoms with Crippen LogP contribution in [0, 0.1) is 0 Å². The molecule has 5 rings (SSSR count). The van der Waals surface area contributed by atoms with Crippen molar-refractivity contribution >= 4 is 23.1 Å². The molecule has 0 radical (unpaired) electrons. The maximum Gasteiger partial charge on any atom is 0.245 e. The van der Waals surface area contributed by atoms with Crippen LogP contribution in [0.5, 0.6) is 0 Å². The molecular formula is C21H24N8. The summed E-state index contributed by atoms with van der Waals surface area (Å²) in [6.45, 7) is 1.75. The Morgan fingerprint density at radius 3 is 2.76 bits per heavy atom. The topological polar surface area (TPSA) is 100 Å². The Labute approximate surface area is 168 Å². The van der Waals surface area contributed by atoms with Crippen LogP contribution in [0.4, 0.5) is 17.6 Å². The molecule has 0 spiro atoms. The molecule has 8 nitrogen and oxygen atoms in total. The molecule has 4 heterocycles. The van der Waals surface area contributed by atoms with E-state index >= 15 is 0 Å². The maximum absolute atomic E-state index is 6.04. The number of nitrogens with one attached hydrogen (secondary N) is 2. The zero-order valence-corrected chi connectivity index (χ0v) is 16.1. The molecule has 0 atom stereocenters. The van der Waals surface area contributed by atoms with Crippen LogP contribution in [0.15, 0.2) is 54.7 Å². The van der Waals surface area contributed by atoms with E-state index in [-0.39, 0.29) is 6.04 Å². The van der Waals surface area contributed by atoms with Gasteiger partial charge >= 0.3 is 0 Å². The molecule has 8 heteroatoms. The van der Waals surface area contributed by atoms with Crippen LogP contribution in [-0.2, 0) is 6.42 Å². The first-order valence-electron chi connectivity index (χ1n) is 9.96. The van der Waals surface area contributed by atoms with Gasteiger partial charge in [0.1, 0.15) is 11.3 Å². The summed E-state index contributed by atoms with van der Waals surface area (Å²) in [4.78, 5) is 7.00. The lowest BCUT2D eigenvalue weighted by atomic mass is 10.1. The Kier molecular flexibility index (Phi) is 4.61. The summed E-state index contributed by atoms with van der Waals surface area (Å²) < 4.78 is 1.86. The molecule has 0 bridgehead atoms. The fraction of sp³-hybridized carbons (Fsp3) is 0.286. The second-order valence-corrected chi connectivity index (χ2v) is 7.48. The molecule has 4 N–H and O–H groups in total. The molecule has 0 aliphatic carbocycles. The van der Waals surface area contributed by atoms with E-state index in [9.17, 15) is 0 Å². The normalized spacial score (nSPS) is 15.1. The van der Waals surface area contributed by atoms with Crippen LogP contribution in [-0.4, -0.2) is 43.9 Å². The number of anilines is 3. The van der Waals surface area contributed by atoms with Crippen molar-refractivity contribution in [1.82, 2.24) is 24.8 Å². The molecule has 1 aromatic carbocycles. The van der Waals surface area contributed by atoms with Crippen molar-refractivity contribution in [2.45, 2.75) is 25.3 Å². The Hall–Kier alpha value is -3.39. The summed E-state index contributed by atoms with van der Waals surface area (Å²) in [7, 11) is 0. The number of fused-ring (bicyclic) bond motifs is 1. The quantitative estimate of drug-likeness (QED) is 0.486. The van der Waals surface area contributed by atoms with E-state index in [0.29, 0.717) is 5.95 Å². The van der Waals surface area contributed by atoms with Crippen molar-refractivity contribution in [2.24, 2.45) is 5.73 Å². The predicted octanol–water partition coefficient (Wildman–Crippen LogP) is 2.71. The van der Waals surface area contributed by atoms with Crippen LogP contribution in [0.3, 0.4) is 0 Å². The van der Waals surface area contributed by atoms with E-state index < -0.39 is 0 Å². The summed E-state index contributed by atoms with van der Waals surface area (Å²) in [5.41, 5.74) is 9.17. The van der Waals surface area contributed by atoms with Crippen LogP contribution in [0.1, 0.15) is 24.1 Å². The third-order valence-corrected chi connectivity index (χ3v) is 5.31. The lowest BCUT2D eigenvalue weighted by Gasteiger charge is -2.30. The third kappa shape index (κ3) is 3.79. The average Bonchev–Trinajstić information content (AvgIpc) is 3.39. The first kappa shape index (κ1) is 17.7. The number of hydrogen-bond donors (Lipinski definition) is 3. The monoisotopic (exact) mass is 388 g/mol. The highest BCUT2D eigenvalue weighted by Gasteiger charge is 2.20. The van der Waals surface area contributed by atoms with Gasteiger partial charge in [0.15, 0.2) is 5.82 Å². The molecule has 29 heavy (non-hydrogen) atoms. The number of H-pyrrole nitrogens is 1. The summed E-state index contributed by atoms with van der Waals surface area (Å²) in [5, 5.41) is 15.6. The Morgan fingerprint density at radius 2 is 1.93 bits per heavy atom. The van der Waals surface area contributed by atoms with Gasteiger partial charge in [-0.3, -0.25) is 5.10 Å². The maximum atomic E-state index is 6.04. The molecule has 3 aromatic heterocycles.